The molecule has 3 rings (SSSR count). The molecule has 2 nitrogen and oxygen atoms in total. The lowest BCUT2D eigenvalue weighted by Gasteiger charge is -2.10. The highest BCUT2D eigenvalue weighted by Gasteiger charge is 2.04. The average molecular weight is 294 g/mol. The molecule has 106 valence electrons. The van der Waals surface area contributed by atoms with Crippen molar-refractivity contribution in [2.45, 2.75) is 23.6 Å². The molecule has 0 aliphatic rings. The van der Waals surface area contributed by atoms with Crippen molar-refractivity contribution in [2.75, 3.05) is 5.73 Å². The van der Waals surface area contributed by atoms with Crippen LogP contribution in [0, 0.1) is 13.8 Å². The molecule has 1 aromatic heterocycles. The predicted octanol–water partition coefficient (Wildman–Crippen LogP) is 4.83. The van der Waals surface area contributed by atoms with Crippen molar-refractivity contribution >= 4 is 17.4 Å². The molecule has 3 aromatic rings. The minimum absolute atomic E-state index is 0.799. The Morgan fingerprint density at radius 3 is 1.71 bits per heavy atom. The smallest absolute Gasteiger partial charge is 0.0455 e. The van der Waals surface area contributed by atoms with E-state index < -0.39 is 0 Å². The lowest BCUT2D eigenvalue weighted by atomic mass is 10.3. The topological polar surface area (TPSA) is 30.9 Å². The van der Waals surface area contributed by atoms with Gasteiger partial charge < -0.3 is 10.3 Å². The summed E-state index contributed by atoms with van der Waals surface area (Å²) in [6.45, 7) is 4.26. The molecule has 2 aromatic carbocycles. The van der Waals surface area contributed by atoms with E-state index in [1.807, 2.05) is 24.3 Å². The zero-order chi connectivity index (χ0) is 14.8. The minimum Gasteiger partial charge on any atom is -0.399 e. The Labute approximate surface area is 129 Å². The van der Waals surface area contributed by atoms with Crippen LogP contribution < -0.4 is 5.73 Å². The van der Waals surface area contributed by atoms with Crippen LogP contribution in [0.15, 0.2) is 70.5 Å². The van der Waals surface area contributed by atoms with E-state index in [1.165, 1.54) is 26.9 Å². The van der Waals surface area contributed by atoms with Gasteiger partial charge in [0.25, 0.3) is 0 Å². The van der Waals surface area contributed by atoms with Crippen LogP contribution in [0.25, 0.3) is 5.69 Å². The summed E-state index contributed by atoms with van der Waals surface area (Å²) >= 11 is 1.75. The number of benzene rings is 2. The van der Waals surface area contributed by atoms with Gasteiger partial charge in [-0.15, -0.1) is 0 Å². The summed E-state index contributed by atoms with van der Waals surface area (Å²) < 4.78 is 2.26. The van der Waals surface area contributed by atoms with Crippen molar-refractivity contribution in [1.29, 1.82) is 0 Å². The first kappa shape index (κ1) is 13.8. The third kappa shape index (κ3) is 2.98. The molecule has 0 saturated heterocycles. The largest absolute Gasteiger partial charge is 0.399 e. The second-order valence-corrected chi connectivity index (χ2v) is 6.26. The standard InChI is InChI=1S/C18H18N2S/c1-13-3-4-14(2)20(13)16-7-11-18(12-8-16)21-17-9-5-15(19)6-10-17/h3-12H,19H2,1-2H3. The molecule has 0 aliphatic carbocycles. The highest BCUT2D eigenvalue weighted by atomic mass is 32.2. The fourth-order valence-corrected chi connectivity index (χ4v) is 3.23. The molecule has 2 N–H and O–H groups in total. The number of aromatic nitrogens is 1. The van der Waals surface area contributed by atoms with Crippen LogP contribution in [0.3, 0.4) is 0 Å². The summed E-state index contributed by atoms with van der Waals surface area (Å²) in [6, 6.07) is 20.9. The lowest BCUT2D eigenvalue weighted by molar-refractivity contribution is 0.963. The van der Waals surface area contributed by atoms with Gasteiger partial charge in [0.1, 0.15) is 0 Å². The molecule has 21 heavy (non-hydrogen) atoms. The van der Waals surface area contributed by atoms with Gasteiger partial charge in [-0.05, 0) is 74.5 Å². The number of nitrogen functional groups attached to an aromatic ring is 1. The van der Waals surface area contributed by atoms with E-state index in [9.17, 15) is 0 Å². The molecule has 1 heterocycles. The fourth-order valence-electron chi connectivity index (χ4n) is 2.41. The average Bonchev–Trinajstić information content (AvgIpc) is 2.82. The maximum absolute atomic E-state index is 5.71. The second-order valence-electron chi connectivity index (χ2n) is 5.12. The molecule has 0 unspecified atom stereocenters. The van der Waals surface area contributed by atoms with Crippen molar-refractivity contribution in [3.63, 3.8) is 0 Å². The summed E-state index contributed by atoms with van der Waals surface area (Å²) in [4.78, 5) is 2.43. The summed E-state index contributed by atoms with van der Waals surface area (Å²) in [5.41, 5.74) is 10.2. The molecule has 0 amide bonds. The van der Waals surface area contributed by atoms with Gasteiger partial charge in [-0.25, -0.2) is 0 Å². The van der Waals surface area contributed by atoms with Crippen molar-refractivity contribution in [3.8, 4) is 5.69 Å². The van der Waals surface area contributed by atoms with E-state index in [2.05, 4.69) is 54.8 Å². The minimum atomic E-state index is 0.799. The van der Waals surface area contributed by atoms with Gasteiger partial charge in [-0.3, -0.25) is 0 Å². The summed E-state index contributed by atoms with van der Waals surface area (Å²) in [7, 11) is 0. The number of aryl methyl sites for hydroxylation is 2. The molecule has 0 saturated carbocycles. The van der Waals surface area contributed by atoms with Crippen LogP contribution in [0.2, 0.25) is 0 Å². The Morgan fingerprint density at radius 2 is 1.19 bits per heavy atom. The first-order valence-corrected chi connectivity index (χ1v) is 7.74. The molecular formula is C18H18N2S. The van der Waals surface area contributed by atoms with Crippen LogP contribution in [-0.2, 0) is 0 Å². The van der Waals surface area contributed by atoms with Gasteiger partial charge in [0.15, 0.2) is 0 Å². The molecule has 0 spiro atoms. The SMILES string of the molecule is Cc1ccc(C)n1-c1ccc(Sc2ccc(N)cc2)cc1. The van der Waals surface area contributed by atoms with E-state index in [0.29, 0.717) is 0 Å². The number of hydrogen-bond acceptors (Lipinski definition) is 2. The normalized spacial score (nSPS) is 10.8. The van der Waals surface area contributed by atoms with Gasteiger partial charge in [-0.2, -0.15) is 0 Å². The van der Waals surface area contributed by atoms with Crippen molar-refractivity contribution in [2.24, 2.45) is 0 Å². The van der Waals surface area contributed by atoms with Crippen LogP contribution in [-0.4, -0.2) is 4.57 Å². The van der Waals surface area contributed by atoms with Crippen LogP contribution in [0.4, 0.5) is 5.69 Å². The van der Waals surface area contributed by atoms with Gasteiger partial charge in [0.05, 0.1) is 0 Å². The second kappa shape index (κ2) is 5.70. The Kier molecular flexibility index (Phi) is 3.76. The molecule has 0 bridgehead atoms. The predicted molar refractivity (Wildman–Crippen MR) is 90.2 cm³/mol. The quantitative estimate of drug-likeness (QED) is 0.702. The van der Waals surface area contributed by atoms with Crippen molar-refractivity contribution in [1.82, 2.24) is 4.57 Å². The van der Waals surface area contributed by atoms with E-state index in [0.717, 1.165) is 5.69 Å². The molecule has 3 heteroatoms. The molecule has 0 aliphatic heterocycles. The molecule has 0 fully saturated rings. The van der Waals surface area contributed by atoms with Crippen LogP contribution in [0.5, 0.6) is 0 Å². The number of hydrogen-bond donors (Lipinski definition) is 1. The summed E-state index contributed by atoms with van der Waals surface area (Å²) in [5.74, 6) is 0. The van der Waals surface area contributed by atoms with Crippen molar-refractivity contribution < 1.29 is 0 Å². The van der Waals surface area contributed by atoms with Gasteiger partial charge in [0, 0.05) is 32.6 Å². The highest BCUT2D eigenvalue weighted by molar-refractivity contribution is 7.99. The number of nitrogens with zero attached hydrogens (tertiary/aromatic N) is 1. The Balaban J connectivity index is 1.83. The third-order valence-corrected chi connectivity index (χ3v) is 4.50. The van der Waals surface area contributed by atoms with E-state index in [4.69, 9.17) is 5.73 Å². The number of nitrogens with two attached hydrogens (primary N) is 1. The third-order valence-electron chi connectivity index (χ3n) is 3.48. The highest BCUT2D eigenvalue weighted by Crippen LogP contribution is 2.29. The van der Waals surface area contributed by atoms with Gasteiger partial charge in [0.2, 0.25) is 0 Å². The Hall–Kier alpha value is -2.13. The maximum Gasteiger partial charge on any atom is 0.0455 e. The van der Waals surface area contributed by atoms with E-state index in [1.54, 1.807) is 11.8 Å². The lowest BCUT2D eigenvalue weighted by Crippen LogP contribution is -1.97. The Morgan fingerprint density at radius 1 is 0.714 bits per heavy atom. The summed E-state index contributed by atoms with van der Waals surface area (Å²) in [6.07, 6.45) is 0. The van der Waals surface area contributed by atoms with E-state index >= 15 is 0 Å². The van der Waals surface area contributed by atoms with Crippen LogP contribution in [0.1, 0.15) is 11.4 Å². The Bertz CT molecular complexity index is 720. The molecule has 0 radical (unpaired) electrons. The van der Waals surface area contributed by atoms with Crippen molar-refractivity contribution in [3.05, 3.63) is 72.1 Å². The summed E-state index contributed by atoms with van der Waals surface area (Å²) in [5, 5.41) is 0. The molecular weight excluding hydrogens is 276 g/mol. The first-order chi connectivity index (χ1) is 10.1. The fraction of sp³-hybridized carbons (Fsp3) is 0.111. The maximum atomic E-state index is 5.71. The number of anilines is 1. The van der Waals surface area contributed by atoms with Gasteiger partial charge in [-0.1, -0.05) is 11.8 Å². The zero-order valence-electron chi connectivity index (χ0n) is 12.2. The van der Waals surface area contributed by atoms with Gasteiger partial charge >= 0.3 is 0 Å². The first-order valence-electron chi connectivity index (χ1n) is 6.92. The zero-order valence-corrected chi connectivity index (χ0v) is 13.0. The van der Waals surface area contributed by atoms with E-state index in [-0.39, 0.29) is 0 Å². The monoisotopic (exact) mass is 294 g/mol. The van der Waals surface area contributed by atoms with Crippen LogP contribution >= 0.6 is 11.8 Å². The molecule has 0 atom stereocenters. The number of rotatable bonds is 3.